The van der Waals surface area contributed by atoms with E-state index < -0.39 is 0 Å². The van der Waals surface area contributed by atoms with Gasteiger partial charge in [-0.15, -0.1) is 0 Å². The molecule has 0 bridgehead atoms. The third kappa shape index (κ3) is 7.12. The number of benzene rings is 1. The number of guanidine groups is 1. The molecule has 0 aromatic heterocycles. The molecule has 1 rings (SSSR count). The van der Waals surface area contributed by atoms with Crippen LogP contribution >= 0.6 is 0 Å². The van der Waals surface area contributed by atoms with E-state index in [0.717, 1.165) is 49.1 Å². The van der Waals surface area contributed by atoms with Crippen LogP contribution < -0.4 is 20.1 Å². The number of nitrogens with zero attached hydrogens (tertiary/aromatic N) is 2. The Balaban J connectivity index is 2.51. The Morgan fingerprint density at radius 1 is 1.19 bits per heavy atom. The zero-order valence-corrected chi connectivity index (χ0v) is 17.3. The lowest BCUT2D eigenvalue weighted by Gasteiger charge is -2.21. The molecule has 148 valence electrons. The molecule has 0 radical (unpaired) electrons. The van der Waals surface area contributed by atoms with Crippen LogP contribution in [-0.4, -0.2) is 57.8 Å². The number of ether oxygens (including phenoxy) is 2. The van der Waals surface area contributed by atoms with Crippen LogP contribution in [0.15, 0.2) is 23.2 Å². The number of aliphatic imine (C=N–C) groups is 1. The second kappa shape index (κ2) is 12.4. The first-order chi connectivity index (χ1) is 12.6. The van der Waals surface area contributed by atoms with Crippen molar-refractivity contribution in [2.75, 3.05) is 40.9 Å². The van der Waals surface area contributed by atoms with Crippen molar-refractivity contribution in [3.8, 4) is 11.5 Å². The normalized spacial score (nSPS) is 12.8. The average Bonchev–Trinajstić information content (AvgIpc) is 2.67. The van der Waals surface area contributed by atoms with Crippen LogP contribution in [-0.2, 0) is 6.54 Å². The van der Waals surface area contributed by atoms with Gasteiger partial charge < -0.3 is 25.0 Å². The topological polar surface area (TPSA) is 58.1 Å². The van der Waals surface area contributed by atoms with Gasteiger partial charge in [0.15, 0.2) is 17.5 Å². The SMILES string of the molecule is CCN(CC)CCCC(C)NC(=NC)NCc1cccc(OC)c1OC. The number of methoxy groups -OCH3 is 2. The van der Waals surface area contributed by atoms with E-state index in [1.807, 2.05) is 18.2 Å². The fourth-order valence-electron chi connectivity index (χ4n) is 2.93. The quantitative estimate of drug-likeness (QED) is 0.467. The van der Waals surface area contributed by atoms with E-state index in [2.05, 4.69) is 41.3 Å². The maximum Gasteiger partial charge on any atom is 0.191 e. The summed E-state index contributed by atoms with van der Waals surface area (Å²) in [5.41, 5.74) is 1.03. The molecule has 26 heavy (non-hydrogen) atoms. The first-order valence-corrected chi connectivity index (χ1v) is 9.48. The van der Waals surface area contributed by atoms with Crippen molar-refractivity contribution in [2.24, 2.45) is 4.99 Å². The molecule has 6 heteroatoms. The molecule has 0 saturated carbocycles. The number of rotatable bonds is 11. The van der Waals surface area contributed by atoms with Gasteiger partial charge in [0.2, 0.25) is 0 Å². The van der Waals surface area contributed by atoms with Crippen LogP contribution in [0.3, 0.4) is 0 Å². The Bertz CT molecular complexity index is 545. The van der Waals surface area contributed by atoms with Crippen molar-refractivity contribution in [3.63, 3.8) is 0 Å². The van der Waals surface area contributed by atoms with Crippen LogP contribution in [0.1, 0.15) is 39.2 Å². The summed E-state index contributed by atoms with van der Waals surface area (Å²) in [5, 5.41) is 6.82. The molecule has 1 aromatic rings. The van der Waals surface area contributed by atoms with Gasteiger partial charge in [0, 0.05) is 25.2 Å². The highest BCUT2D eigenvalue weighted by atomic mass is 16.5. The van der Waals surface area contributed by atoms with Crippen molar-refractivity contribution >= 4 is 5.96 Å². The zero-order chi connectivity index (χ0) is 19.4. The summed E-state index contributed by atoms with van der Waals surface area (Å²) >= 11 is 0. The van der Waals surface area contributed by atoms with E-state index in [-0.39, 0.29) is 0 Å². The standard InChI is InChI=1S/C20H36N4O2/c1-7-24(8-2)14-10-11-16(3)23-20(21-4)22-15-17-12-9-13-18(25-5)19(17)26-6/h9,12-13,16H,7-8,10-11,14-15H2,1-6H3,(H2,21,22,23). The second-order valence-electron chi connectivity index (χ2n) is 6.29. The van der Waals surface area contributed by atoms with E-state index in [0.29, 0.717) is 12.6 Å². The van der Waals surface area contributed by atoms with E-state index in [1.165, 1.54) is 6.42 Å². The first kappa shape index (κ1) is 22.1. The van der Waals surface area contributed by atoms with Crippen molar-refractivity contribution < 1.29 is 9.47 Å². The highest BCUT2D eigenvalue weighted by Crippen LogP contribution is 2.30. The van der Waals surface area contributed by atoms with Crippen LogP contribution in [0.2, 0.25) is 0 Å². The number of hydrogen-bond acceptors (Lipinski definition) is 4. The van der Waals surface area contributed by atoms with Gasteiger partial charge in [-0.05, 0) is 45.5 Å². The molecule has 1 unspecified atom stereocenters. The van der Waals surface area contributed by atoms with E-state index in [4.69, 9.17) is 9.47 Å². The summed E-state index contributed by atoms with van der Waals surface area (Å²) in [6, 6.07) is 6.25. The third-order valence-corrected chi connectivity index (χ3v) is 4.54. The van der Waals surface area contributed by atoms with Gasteiger partial charge in [-0.1, -0.05) is 26.0 Å². The summed E-state index contributed by atoms with van der Waals surface area (Å²) in [6.07, 6.45) is 2.29. The van der Waals surface area contributed by atoms with E-state index >= 15 is 0 Å². The molecule has 1 atom stereocenters. The minimum Gasteiger partial charge on any atom is -0.493 e. The van der Waals surface area contributed by atoms with Crippen molar-refractivity contribution in [1.82, 2.24) is 15.5 Å². The summed E-state index contributed by atoms with van der Waals surface area (Å²) in [5.74, 6) is 2.29. The molecule has 2 N–H and O–H groups in total. The molecule has 0 amide bonds. The fourth-order valence-corrected chi connectivity index (χ4v) is 2.93. The fraction of sp³-hybridized carbons (Fsp3) is 0.650. The highest BCUT2D eigenvalue weighted by Gasteiger charge is 2.11. The van der Waals surface area contributed by atoms with Crippen LogP contribution in [0.5, 0.6) is 11.5 Å². The number of nitrogens with one attached hydrogen (secondary N) is 2. The molecule has 0 fully saturated rings. The van der Waals surface area contributed by atoms with Crippen molar-refractivity contribution in [2.45, 2.75) is 46.2 Å². The largest absolute Gasteiger partial charge is 0.493 e. The van der Waals surface area contributed by atoms with Gasteiger partial charge >= 0.3 is 0 Å². The van der Waals surface area contributed by atoms with Gasteiger partial charge in [-0.2, -0.15) is 0 Å². The molecule has 0 aliphatic rings. The Hall–Kier alpha value is -1.95. The predicted octanol–water partition coefficient (Wildman–Crippen LogP) is 2.88. The lowest BCUT2D eigenvalue weighted by atomic mass is 10.1. The van der Waals surface area contributed by atoms with Gasteiger partial charge in [0.25, 0.3) is 0 Å². The van der Waals surface area contributed by atoms with Crippen LogP contribution in [0.4, 0.5) is 0 Å². The van der Waals surface area contributed by atoms with Gasteiger partial charge in [-0.25, -0.2) is 0 Å². The second-order valence-corrected chi connectivity index (χ2v) is 6.29. The molecule has 0 aliphatic carbocycles. The Morgan fingerprint density at radius 2 is 1.92 bits per heavy atom. The minimum atomic E-state index is 0.365. The Morgan fingerprint density at radius 3 is 2.50 bits per heavy atom. The van der Waals surface area contributed by atoms with E-state index in [9.17, 15) is 0 Å². The van der Waals surface area contributed by atoms with Gasteiger partial charge in [0.1, 0.15) is 0 Å². The Labute approximate surface area is 159 Å². The van der Waals surface area contributed by atoms with Crippen molar-refractivity contribution in [3.05, 3.63) is 23.8 Å². The summed E-state index contributed by atoms with van der Waals surface area (Å²) in [6.45, 7) is 10.6. The lowest BCUT2D eigenvalue weighted by Crippen LogP contribution is -2.42. The first-order valence-electron chi connectivity index (χ1n) is 9.48. The number of hydrogen-bond donors (Lipinski definition) is 2. The third-order valence-electron chi connectivity index (χ3n) is 4.54. The molecule has 1 aromatic carbocycles. The molecule has 0 heterocycles. The predicted molar refractivity (Wildman–Crippen MR) is 109 cm³/mol. The van der Waals surface area contributed by atoms with Crippen molar-refractivity contribution in [1.29, 1.82) is 0 Å². The summed E-state index contributed by atoms with van der Waals surface area (Å²) in [7, 11) is 5.10. The molecule has 0 spiro atoms. The van der Waals surface area contributed by atoms with Gasteiger partial charge in [0.05, 0.1) is 14.2 Å². The van der Waals surface area contributed by atoms with Crippen LogP contribution in [0.25, 0.3) is 0 Å². The molecule has 0 saturated heterocycles. The smallest absolute Gasteiger partial charge is 0.191 e. The molecule has 0 aliphatic heterocycles. The maximum absolute atomic E-state index is 5.48. The average molecular weight is 365 g/mol. The number of para-hydroxylation sites is 1. The highest BCUT2D eigenvalue weighted by molar-refractivity contribution is 5.80. The van der Waals surface area contributed by atoms with Crippen LogP contribution in [0, 0.1) is 0 Å². The van der Waals surface area contributed by atoms with Gasteiger partial charge in [-0.3, -0.25) is 4.99 Å². The lowest BCUT2D eigenvalue weighted by molar-refractivity contribution is 0.292. The summed E-state index contributed by atoms with van der Waals surface area (Å²) in [4.78, 5) is 6.78. The Kier molecular flexibility index (Phi) is 10.5. The molecular formula is C20H36N4O2. The molecular weight excluding hydrogens is 328 g/mol. The zero-order valence-electron chi connectivity index (χ0n) is 17.3. The minimum absolute atomic E-state index is 0.365. The maximum atomic E-state index is 5.48. The summed E-state index contributed by atoms with van der Waals surface area (Å²) < 4.78 is 10.8. The van der Waals surface area contributed by atoms with E-state index in [1.54, 1.807) is 21.3 Å². The monoisotopic (exact) mass is 364 g/mol. The molecule has 6 nitrogen and oxygen atoms in total.